The lowest BCUT2D eigenvalue weighted by molar-refractivity contribution is -0.113. The van der Waals surface area contributed by atoms with E-state index in [0.29, 0.717) is 11.0 Å². The summed E-state index contributed by atoms with van der Waals surface area (Å²) in [6.45, 7) is 1.93. The molecule has 0 aliphatic heterocycles. The van der Waals surface area contributed by atoms with Crippen molar-refractivity contribution in [1.82, 2.24) is 14.8 Å². The first-order chi connectivity index (χ1) is 13.6. The summed E-state index contributed by atoms with van der Waals surface area (Å²) in [7, 11) is 1.88. The first-order valence-electron chi connectivity index (χ1n) is 8.74. The van der Waals surface area contributed by atoms with Crippen molar-refractivity contribution >= 4 is 35.1 Å². The first-order valence-corrected chi connectivity index (χ1v) is 11.0. The number of hydrogen-bond acceptors (Lipinski definition) is 6. The lowest BCUT2D eigenvalue weighted by atomic mass is 10.3. The Bertz CT molecular complexity index is 931. The Morgan fingerprint density at radius 2 is 1.96 bits per heavy atom. The van der Waals surface area contributed by atoms with Crippen LogP contribution < -0.4 is 10.1 Å². The molecule has 1 unspecified atom stereocenters. The molecule has 0 saturated carbocycles. The molecule has 146 valence electrons. The predicted octanol–water partition coefficient (Wildman–Crippen LogP) is 4.41. The van der Waals surface area contributed by atoms with Crippen LogP contribution in [0.25, 0.3) is 0 Å². The lowest BCUT2D eigenvalue weighted by Crippen LogP contribution is -2.15. The van der Waals surface area contributed by atoms with E-state index in [-0.39, 0.29) is 17.8 Å². The molecule has 1 amide bonds. The van der Waals surface area contributed by atoms with E-state index in [0.717, 1.165) is 16.3 Å². The topological polar surface area (TPSA) is 69.0 Å². The minimum Gasteiger partial charge on any atom is -0.483 e. The molecule has 0 aliphatic rings. The van der Waals surface area contributed by atoms with Gasteiger partial charge in [-0.25, -0.2) is 0 Å². The Kier molecular flexibility index (Phi) is 7.00. The van der Waals surface area contributed by atoms with Crippen molar-refractivity contribution < 1.29 is 9.53 Å². The van der Waals surface area contributed by atoms with E-state index in [4.69, 9.17) is 4.74 Å². The average molecular weight is 415 g/mol. The summed E-state index contributed by atoms with van der Waals surface area (Å²) in [5.41, 5.74) is 0.793. The van der Waals surface area contributed by atoms with E-state index in [2.05, 4.69) is 15.5 Å². The minimum atomic E-state index is -0.252. The summed E-state index contributed by atoms with van der Waals surface area (Å²) < 4.78 is 7.77. The van der Waals surface area contributed by atoms with Crippen molar-refractivity contribution in [2.45, 2.75) is 23.1 Å². The lowest BCUT2D eigenvalue weighted by Gasteiger charge is -2.14. The molecule has 2 aromatic carbocycles. The third kappa shape index (κ3) is 5.30. The number of rotatable bonds is 8. The maximum atomic E-state index is 12.3. The van der Waals surface area contributed by atoms with Crippen LogP contribution >= 0.6 is 23.5 Å². The van der Waals surface area contributed by atoms with Gasteiger partial charge in [-0.05, 0) is 43.5 Å². The van der Waals surface area contributed by atoms with Crippen molar-refractivity contribution in [1.29, 1.82) is 0 Å². The molecule has 0 aliphatic carbocycles. The minimum absolute atomic E-state index is 0.0820. The van der Waals surface area contributed by atoms with Crippen LogP contribution in [0.15, 0.2) is 64.6 Å². The molecule has 1 heterocycles. The zero-order valence-corrected chi connectivity index (χ0v) is 17.6. The van der Waals surface area contributed by atoms with Crippen LogP contribution in [0.2, 0.25) is 0 Å². The van der Waals surface area contributed by atoms with E-state index in [9.17, 15) is 4.79 Å². The number of nitrogens with one attached hydrogen (secondary N) is 1. The molecule has 1 atom stereocenters. The van der Waals surface area contributed by atoms with Gasteiger partial charge in [-0.1, -0.05) is 36.0 Å². The number of aromatic nitrogens is 3. The van der Waals surface area contributed by atoms with Crippen LogP contribution in [-0.2, 0) is 11.8 Å². The van der Waals surface area contributed by atoms with E-state index in [1.54, 1.807) is 11.8 Å². The molecular weight excluding hydrogens is 392 g/mol. The molecule has 0 radical (unpaired) electrons. The van der Waals surface area contributed by atoms with E-state index < -0.39 is 0 Å². The number of benzene rings is 2. The highest BCUT2D eigenvalue weighted by molar-refractivity contribution is 7.99. The van der Waals surface area contributed by atoms with Crippen molar-refractivity contribution in [3.8, 4) is 5.75 Å². The summed E-state index contributed by atoms with van der Waals surface area (Å²) in [6, 6.07) is 17.4. The van der Waals surface area contributed by atoms with Gasteiger partial charge in [-0.2, -0.15) is 0 Å². The van der Waals surface area contributed by atoms with Crippen molar-refractivity contribution in [2.75, 3.05) is 17.3 Å². The van der Waals surface area contributed by atoms with Crippen LogP contribution in [0.3, 0.4) is 0 Å². The van der Waals surface area contributed by atoms with Gasteiger partial charge in [0.1, 0.15) is 5.75 Å². The summed E-state index contributed by atoms with van der Waals surface area (Å²) in [5, 5.41) is 12.0. The van der Waals surface area contributed by atoms with E-state index >= 15 is 0 Å². The second-order valence-corrected chi connectivity index (χ2v) is 7.86. The fourth-order valence-corrected chi connectivity index (χ4v) is 3.77. The maximum absolute atomic E-state index is 12.3. The number of anilines is 1. The number of carbonyl (C=O) groups excluding carboxylic acids is 1. The third-order valence-corrected chi connectivity index (χ3v) is 5.72. The first kappa shape index (κ1) is 20.3. The molecular formula is C20H22N4O2S2. The summed E-state index contributed by atoms with van der Waals surface area (Å²) >= 11 is 2.98. The van der Waals surface area contributed by atoms with E-state index in [1.807, 2.05) is 79.4 Å². The van der Waals surface area contributed by atoms with Gasteiger partial charge in [0, 0.05) is 17.6 Å². The Labute approximate surface area is 173 Å². The Balaban J connectivity index is 1.57. The van der Waals surface area contributed by atoms with Gasteiger partial charge in [0.15, 0.2) is 17.1 Å². The van der Waals surface area contributed by atoms with Crippen molar-refractivity contribution in [3.05, 3.63) is 60.4 Å². The second-order valence-electron chi connectivity index (χ2n) is 6.04. The van der Waals surface area contributed by atoms with Gasteiger partial charge in [-0.3, -0.25) is 4.79 Å². The van der Waals surface area contributed by atoms with Crippen LogP contribution in [0.1, 0.15) is 18.9 Å². The molecule has 8 heteroatoms. The van der Waals surface area contributed by atoms with Gasteiger partial charge in [0.25, 0.3) is 0 Å². The number of nitrogens with zero attached hydrogens (tertiary/aromatic N) is 3. The summed E-state index contributed by atoms with van der Waals surface area (Å²) in [6.07, 6.45) is 1.75. The van der Waals surface area contributed by atoms with Crippen LogP contribution in [0.5, 0.6) is 5.75 Å². The summed E-state index contributed by atoms with van der Waals surface area (Å²) in [5.74, 6) is 1.66. The molecule has 28 heavy (non-hydrogen) atoms. The quantitative estimate of drug-likeness (QED) is 0.551. The number of hydrogen-bond donors (Lipinski definition) is 1. The number of carbonyl (C=O) groups is 1. The molecule has 0 fully saturated rings. The molecule has 0 spiro atoms. The smallest absolute Gasteiger partial charge is 0.234 e. The Hall–Kier alpha value is -2.45. The number of thioether (sulfide) groups is 2. The highest BCUT2D eigenvalue weighted by atomic mass is 32.2. The van der Waals surface area contributed by atoms with Gasteiger partial charge in [0.05, 0.1) is 5.75 Å². The van der Waals surface area contributed by atoms with Crippen molar-refractivity contribution in [2.24, 2.45) is 7.05 Å². The standard InChI is InChI=1S/C20H22N4O2S2/c1-14(26-16-9-5-4-6-10-16)19-22-23-20(24(19)2)28-13-18(25)21-15-8-7-11-17(12-15)27-3/h4-12,14H,13H2,1-3H3,(H,21,25). The Morgan fingerprint density at radius 3 is 2.71 bits per heavy atom. The van der Waals surface area contributed by atoms with Gasteiger partial charge >= 0.3 is 0 Å². The van der Waals surface area contributed by atoms with Crippen molar-refractivity contribution in [3.63, 3.8) is 0 Å². The molecule has 0 bridgehead atoms. The maximum Gasteiger partial charge on any atom is 0.234 e. The average Bonchev–Trinajstić information content (AvgIpc) is 3.08. The highest BCUT2D eigenvalue weighted by Gasteiger charge is 2.18. The normalized spacial score (nSPS) is 11.8. The molecule has 3 rings (SSSR count). The number of para-hydroxylation sites is 1. The predicted molar refractivity (Wildman–Crippen MR) is 114 cm³/mol. The zero-order chi connectivity index (χ0) is 19.9. The number of amides is 1. The molecule has 3 aromatic rings. The number of ether oxygens (including phenoxy) is 1. The third-order valence-electron chi connectivity index (χ3n) is 3.97. The van der Waals surface area contributed by atoms with Crippen LogP contribution in [0.4, 0.5) is 5.69 Å². The molecule has 6 nitrogen and oxygen atoms in total. The largest absolute Gasteiger partial charge is 0.483 e. The fraction of sp³-hybridized carbons (Fsp3) is 0.250. The summed E-state index contributed by atoms with van der Waals surface area (Å²) in [4.78, 5) is 13.4. The fourth-order valence-electron chi connectivity index (χ4n) is 2.59. The van der Waals surface area contributed by atoms with Gasteiger partial charge in [-0.15, -0.1) is 22.0 Å². The van der Waals surface area contributed by atoms with Gasteiger partial charge in [0.2, 0.25) is 5.91 Å². The van der Waals surface area contributed by atoms with Crippen LogP contribution in [-0.4, -0.2) is 32.7 Å². The van der Waals surface area contributed by atoms with Gasteiger partial charge < -0.3 is 14.6 Å². The highest BCUT2D eigenvalue weighted by Crippen LogP contribution is 2.24. The Morgan fingerprint density at radius 1 is 1.18 bits per heavy atom. The van der Waals surface area contributed by atoms with E-state index in [1.165, 1.54) is 11.8 Å². The monoisotopic (exact) mass is 414 g/mol. The SMILES string of the molecule is CSc1cccc(NC(=O)CSc2nnc(C(C)Oc3ccccc3)n2C)c1. The zero-order valence-electron chi connectivity index (χ0n) is 16.0. The van der Waals surface area contributed by atoms with Crippen LogP contribution in [0, 0.1) is 0 Å². The second kappa shape index (κ2) is 9.66. The molecule has 1 N–H and O–H groups in total. The molecule has 1 aromatic heterocycles. The molecule has 0 saturated heterocycles.